The summed E-state index contributed by atoms with van der Waals surface area (Å²) in [4.78, 5) is 14.4. The van der Waals surface area contributed by atoms with Crippen molar-refractivity contribution in [2.24, 2.45) is 5.41 Å². The predicted octanol–water partition coefficient (Wildman–Crippen LogP) is 2.31. The molecule has 1 aromatic rings. The first-order valence-electron chi connectivity index (χ1n) is 8.12. The van der Waals surface area contributed by atoms with Gasteiger partial charge in [-0.25, -0.2) is 0 Å². The molecule has 2 N–H and O–H groups in total. The van der Waals surface area contributed by atoms with E-state index in [2.05, 4.69) is 22.3 Å². The molecule has 0 spiro atoms. The van der Waals surface area contributed by atoms with Gasteiger partial charge in [-0.05, 0) is 30.5 Å². The number of aliphatic hydroxyl groups excluding tert-OH is 1. The maximum absolute atomic E-state index is 12.0. The van der Waals surface area contributed by atoms with Crippen LogP contribution in [0.3, 0.4) is 0 Å². The molecule has 1 fully saturated rings. The molecule has 4 heteroatoms. The van der Waals surface area contributed by atoms with E-state index < -0.39 is 0 Å². The van der Waals surface area contributed by atoms with Crippen LogP contribution in [0, 0.1) is 5.41 Å². The zero-order valence-corrected chi connectivity index (χ0v) is 13.9. The molecule has 1 saturated heterocycles. The summed E-state index contributed by atoms with van der Waals surface area (Å²) >= 11 is 0. The van der Waals surface area contributed by atoms with E-state index in [1.807, 2.05) is 32.9 Å². The van der Waals surface area contributed by atoms with E-state index in [9.17, 15) is 9.90 Å². The summed E-state index contributed by atoms with van der Waals surface area (Å²) in [5.74, 6) is 0.0664. The second-order valence-electron chi connectivity index (χ2n) is 7.15. The maximum Gasteiger partial charge on any atom is 0.225 e. The molecule has 1 aliphatic rings. The summed E-state index contributed by atoms with van der Waals surface area (Å²) in [5, 5.41) is 12.5. The van der Waals surface area contributed by atoms with E-state index in [0.29, 0.717) is 6.54 Å². The van der Waals surface area contributed by atoms with Gasteiger partial charge in [-0.3, -0.25) is 9.69 Å². The van der Waals surface area contributed by atoms with E-state index in [1.165, 1.54) is 5.56 Å². The van der Waals surface area contributed by atoms with E-state index in [-0.39, 0.29) is 24.0 Å². The Kier molecular flexibility index (Phi) is 5.59. The number of carbonyl (C=O) groups is 1. The molecule has 0 bridgehead atoms. The van der Waals surface area contributed by atoms with Gasteiger partial charge in [0.1, 0.15) is 0 Å². The Bertz CT molecular complexity index is 508. The lowest BCUT2D eigenvalue weighted by Gasteiger charge is -2.24. The highest BCUT2D eigenvalue weighted by Gasteiger charge is 2.24. The highest BCUT2D eigenvalue weighted by molar-refractivity contribution is 5.81. The molecule has 1 atom stereocenters. The third-order valence-corrected chi connectivity index (χ3v) is 4.32. The lowest BCUT2D eigenvalue weighted by Crippen LogP contribution is -2.35. The molecule has 1 unspecified atom stereocenters. The molecule has 122 valence electrons. The fourth-order valence-corrected chi connectivity index (χ4v) is 2.85. The van der Waals surface area contributed by atoms with Crippen LogP contribution in [0.15, 0.2) is 24.3 Å². The Morgan fingerprint density at radius 1 is 1.32 bits per heavy atom. The topological polar surface area (TPSA) is 52.6 Å². The van der Waals surface area contributed by atoms with Crippen LogP contribution in [0.4, 0.5) is 0 Å². The van der Waals surface area contributed by atoms with Gasteiger partial charge < -0.3 is 10.4 Å². The molecule has 4 nitrogen and oxygen atoms in total. The van der Waals surface area contributed by atoms with Gasteiger partial charge in [0.25, 0.3) is 0 Å². The number of aliphatic hydroxyl groups is 1. The first-order valence-corrected chi connectivity index (χ1v) is 8.12. The Labute approximate surface area is 133 Å². The average Bonchev–Trinajstić information content (AvgIpc) is 2.92. The van der Waals surface area contributed by atoms with Crippen LogP contribution in [0.1, 0.15) is 44.7 Å². The van der Waals surface area contributed by atoms with Gasteiger partial charge in [0, 0.05) is 24.5 Å². The summed E-state index contributed by atoms with van der Waals surface area (Å²) in [6.07, 6.45) is 2.22. The fourth-order valence-electron chi connectivity index (χ4n) is 2.85. The van der Waals surface area contributed by atoms with Crippen molar-refractivity contribution in [2.75, 3.05) is 13.2 Å². The van der Waals surface area contributed by atoms with Crippen molar-refractivity contribution in [3.63, 3.8) is 0 Å². The molecule has 1 aromatic carbocycles. The minimum absolute atomic E-state index is 0.0664. The van der Waals surface area contributed by atoms with Gasteiger partial charge in [0.05, 0.1) is 6.61 Å². The second kappa shape index (κ2) is 7.25. The minimum atomic E-state index is -0.369. The van der Waals surface area contributed by atoms with E-state index in [0.717, 1.165) is 31.5 Å². The lowest BCUT2D eigenvalue weighted by atomic mass is 9.95. The van der Waals surface area contributed by atoms with Gasteiger partial charge in [-0.15, -0.1) is 0 Å². The fraction of sp³-hybridized carbons (Fsp3) is 0.611. The molecule has 1 heterocycles. The van der Waals surface area contributed by atoms with Crippen LogP contribution in [0.5, 0.6) is 0 Å². The van der Waals surface area contributed by atoms with Gasteiger partial charge in [0.15, 0.2) is 0 Å². The average molecular weight is 304 g/mol. The number of benzene rings is 1. The van der Waals surface area contributed by atoms with Crippen LogP contribution in [-0.2, 0) is 17.9 Å². The van der Waals surface area contributed by atoms with Crippen LogP contribution in [0.25, 0.3) is 0 Å². The number of likely N-dealkylation sites (tertiary alicyclic amines) is 1. The van der Waals surface area contributed by atoms with Crippen molar-refractivity contribution in [3.05, 3.63) is 35.4 Å². The van der Waals surface area contributed by atoms with Crippen molar-refractivity contribution >= 4 is 5.91 Å². The molecule has 1 amide bonds. The number of carbonyl (C=O) groups excluding carboxylic acids is 1. The predicted molar refractivity (Wildman–Crippen MR) is 88.3 cm³/mol. The first-order chi connectivity index (χ1) is 10.4. The molecule has 22 heavy (non-hydrogen) atoms. The van der Waals surface area contributed by atoms with Crippen LogP contribution < -0.4 is 5.32 Å². The number of nitrogens with one attached hydrogen (secondary N) is 1. The Hall–Kier alpha value is -1.39. The van der Waals surface area contributed by atoms with Crippen LogP contribution >= 0.6 is 0 Å². The van der Waals surface area contributed by atoms with E-state index >= 15 is 0 Å². The SMILES string of the molecule is CC(C)(C)C(=O)NCc1ccccc1CN1CCCC1CO. The third kappa shape index (κ3) is 4.31. The van der Waals surface area contributed by atoms with E-state index in [4.69, 9.17) is 0 Å². The number of hydrogen-bond donors (Lipinski definition) is 2. The smallest absolute Gasteiger partial charge is 0.225 e. The monoisotopic (exact) mass is 304 g/mol. The highest BCUT2D eigenvalue weighted by atomic mass is 16.3. The maximum atomic E-state index is 12.0. The summed E-state index contributed by atoms with van der Waals surface area (Å²) in [6.45, 7) is 8.42. The number of nitrogens with zero attached hydrogens (tertiary/aromatic N) is 1. The molecular weight excluding hydrogens is 276 g/mol. The molecule has 0 saturated carbocycles. The number of amides is 1. The van der Waals surface area contributed by atoms with Crippen LogP contribution in [-0.4, -0.2) is 35.1 Å². The summed E-state index contributed by atoms with van der Waals surface area (Å²) < 4.78 is 0. The Balaban J connectivity index is 2.02. The van der Waals surface area contributed by atoms with Gasteiger partial charge in [0.2, 0.25) is 5.91 Å². The van der Waals surface area contributed by atoms with Crippen molar-refractivity contribution in [3.8, 4) is 0 Å². The zero-order chi connectivity index (χ0) is 16.2. The Morgan fingerprint density at radius 2 is 2.00 bits per heavy atom. The van der Waals surface area contributed by atoms with E-state index in [1.54, 1.807) is 0 Å². The van der Waals surface area contributed by atoms with Crippen molar-refractivity contribution in [1.82, 2.24) is 10.2 Å². The molecule has 2 rings (SSSR count). The number of rotatable bonds is 5. The Morgan fingerprint density at radius 3 is 2.64 bits per heavy atom. The zero-order valence-electron chi connectivity index (χ0n) is 13.9. The lowest BCUT2D eigenvalue weighted by molar-refractivity contribution is -0.128. The second-order valence-corrected chi connectivity index (χ2v) is 7.15. The van der Waals surface area contributed by atoms with Crippen molar-refractivity contribution < 1.29 is 9.90 Å². The quantitative estimate of drug-likeness (QED) is 0.877. The van der Waals surface area contributed by atoms with Crippen molar-refractivity contribution in [1.29, 1.82) is 0 Å². The third-order valence-electron chi connectivity index (χ3n) is 4.32. The molecule has 0 radical (unpaired) electrons. The summed E-state index contributed by atoms with van der Waals surface area (Å²) in [6, 6.07) is 8.51. The standard InChI is InChI=1S/C18H28N2O2/c1-18(2,3)17(22)19-11-14-7-4-5-8-15(14)12-20-10-6-9-16(20)13-21/h4-5,7-8,16,21H,6,9-13H2,1-3H3,(H,19,22). The van der Waals surface area contributed by atoms with Gasteiger partial charge in [-0.2, -0.15) is 0 Å². The minimum Gasteiger partial charge on any atom is -0.395 e. The number of hydrogen-bond acceptors (Lipinski definition) is 3. The van der Waals surface area contributed by atoms with Crippen LogP contribution in [0.2, 0.25) is 0 Å². The first kappa shape index (κ1) is 17.0. The van der Waals surface area contributed by atoms with Gasteiger partial charge in [-0.1, -0.05) is 45.0 Å². The van der Waals surface area contributed by atoms with Crippen molar-refractivity contribution in [2.45, 2.75) is 52.7 Å². The highest BCUT2D eigenvalue weighted by Crippen LogP contribution is 2.21. The molecular formula is C18H28N2O2. The summed E-state index contributed by atoms with van der Waals surface area (Å²) in [7, 11) is 0. The summed E-state index contributed by atoms with van der Waals surface area (Å²) in [5.41, 5.74) is 2.02. The molecule has 0 aliphatic carbocycles. The van der Waals surface area contributed by atoms with Gasteiger partial charge >= 0.3 is 0 Å². The molecule has 0 aromatic heterocycles. The molecule has 1 aliphatic heterocycles. The largest absolute Gasteiger partial charge is 0.395 e. The normalized spacial score (nSPS) is 19.4.